The van der Waals surface area contributed by atoms with Crippen LogP contribution in [0.15, 0.2) is 30.3 Å². The summed E-state index contributed by atoms with van der Waals surface area (Å²) in [6, 6.07) is 9.26. The molecule has 1 aliphatic heterocycles. The standard InChI is InChI=1S/C19H29N3O2S.ClH/c1-14-8-10-20-13-17(14)22-19(24)16(9-11-25-2)21-18(23)12-15-6-4-3-5-7-15;/h3-7,14,16-17,20H,8-13H2,1-2H3,(H,21,23)(H,22,24);1H. The third-order valence-corrected chi connectivity index (χ3v) is 5.27. The number of nitrogens with one attached hydrogen (secondary N) is 3. The zero-order valence-electron chi connectivity index (χ0n) is 15.5. The van der Waals surface area contributed by atoms with E-state index in [1.807, 2.05) is 36.6 Å². The Morgan fingerprint density at radius 1 is 1.31 bits per heavy atom. The van der Waals surface area contributed by atoms with Crippen molar-refractivity contribution in [3.8, 4) is 0 Å². The summed E-state index contributed by atoms with van der Waals surface area (Å²) < 4.78 is 0. The Labute approximate surface area is 166 Å². The van der Waals surface area contributed by atoms with Crippen LogP contribution in [0.4, 0.5) is 0 Å². The molecule has 146 valence electrons. The van der Waals surface area contributed by atoms with Crippen molar-refractivity contribution in [2.24, 2.45) is 5.92 Å². The van der Waals surface area contributed by atoms with Crippen molar-refractivity contribution < 1.29 is 9.59 Å². The molecule has 7 heteroatoms. The largest absolute Gasteiger partial charge is 0.350 e. The highest BCUT2D eigenvalue weighted by Gasteiger charge is 2.27. The van der Waals surface area contributed by atoms with Crippen LogP contribution < -0.4 is 16.0 Å². The maximum atomic E-state index is 12.7. The van der Waals surface area contributed by atoms with E-state index in [2.05, 4.69) is 22.9 Å². The second-order valence-corrected chi connectivity index (χ2v) is 7.63. The summed E-state index contributed by atoms with van der Waals surface area (Å²) in [5.41, 5.74) is 0.953. The molecule has 0 bridgehead atoms. The number of carbonyl (C=O) groups excluding carboxylic acids is 2. The topological polar surface area (TPSA) is 70.2 Å². The second-order valence-electron chi connectivity index (χ2n) is 6.65. The number of piperidine rings is 1. The first kappa shape index (κ1) is 22.8. The van der Waals surface area contributed by atoms with Gasteiger partial charge in [-0.25, -0.2) is 0 Å². The molecule has 1 fully saturated rings. The lowest BCUT2D eigenvalue weighted by atomic mass is 9.94. The predicted molar refractivity (Wildman–Crippen MR) is 111 cm³/mol. The van der Waals surface area contributed by atoms with Gasteiger partial charge in [-0.05, 0) is 42.9 Å². The summed E-state index contributed by atoms with van der Waals surface area (Å²) in [5.74, 6) is 1.10. The van der Waals surface area contributed by atoms with E-state index in [-0.39, 0.29) is 30.3 Å². The molecule has 0 aromatic heterocycles. The molecule has 1 saturated heterocycles. The van der Waals surface area contributed by atoms with Crippen LogP contribution in [-0.2, 0) is 16.0 Å². The van der Waals surface area contributed by atoms with Gasteiger partial charge in [0, 0.05) is 12.6 Å². The van der Waals surface area contributed by atoms with Gasteiger partial charge in [-0.2, -0.15) is 11.8 Å². The number of rotatable bonds is 8. The molecular weight excluding hydrogens is 370 g/mol. The smallest absolute Gasteiger partial charge is 0.242 e. The Morgan fingerprint density at radius 3 is 2.69 bits per heavy atom. The first-order chi connectivity index (χ1) is 12.1. The van der Waals surface area contributed by atoms with Gasteiger partial charge in [-0.15, -0.1) is 12.4 Å². The first-order valence-electron chi connectivity index (χ1n) is 8.93. The minimum absolute atomic E-state index is 0. The van der Waals surface area contributed by atoms with Crippen molar-refractivity contribution in [1.29, 1.82) is 0 Å². The highest BCUT2D eigenvalue weighted by atomic mass is 35.5. The average Bonchev–Trinajstić information content (AvgIpc) is 2.61. The Hall–Kier alpha value is -1.24. The lowest BCUT2D eigenvalue weighted by Crippen LogP contribution is -2.55. The van der Waals surface area contributed by atoms with Gasteiger partial charge in [-0.1, -0.05) is 37.3 Å². The monoisotopic (exact) mass is 399 g/mol. The molecule has 2 amide bonds. The van der Waals surface area contributed by atoms with E-state index in [1.165, 1.54) is 0 Å². The zero-order chi connectivity index (χ0) is 18.1. The molecule has 5 nitrogen and oxygen atoms in total. The van der Waals surface area contributed by atoms with Crippen molar-refractivity contribution >= 4 is 36.0 Å². The van der Waals surface area contributed by atoms with Gasteiger partial charge < -0.3 is 16.0 Å². The van der Waals surface area contributed by atoms with Crippen molar-refractivity contribution in [3.63, 3.8) is 0 Å². The van der Waals surface area contributed by atoms with Gasteiger partial charge in [0.1, 0.15) is 6.04 Å². The highest BCUT2D eigenvalue weighted by Crippen LogP contribution is 2.12. The van der Waals surface area contributed by atoms with Gasteiger partial charge in [0.2, 0.25) is 11.8 Å². The number of hydrogen-bond acceptors (Lipinski definition) is 4. The molecule has 1 heterocycles. The molecule has 0 aliphatic carbocycles. The maximum absolute atomic E-state index is 12.7. The number of benzene rings is 1. The van der Waals surface area contributed by atoms with E-state index in [9.17, 15) is 9.59 Å². The first-order valence-corrected chi connectivity index (χ1v) is 10.3. The third kappa shape index (κ3) is 7.56. The van der Waals surface area contributed by atoms with Crippen LogP contribution in [-0.4, -0.2) is 49.0 Å². The van der Waals surface area contributed by atoms with Crippen molar-refractivity contribution in [2.75, 3.05) is 25.1 Å². The highest BCUT2D eigenvalue weighted by molar-refractivity contribution is 7.98. The molecule has 26 heavy (non-hydrogen) atoms. The van der Waals surface area contributed by atoms with Gasteiger partial charge in [0.05, 0.1) is 6.42 Å². The number of halogens is 1. The summed E-state index contributed by atoms with van der Waals surface area (Å²) >= 11 is 1.68. The Kier molecular flexibility index (Phi) is 10.7. The Morgan fingerprint density at radius 2 is 2.04 bits per heavy atom. The molecule has 0 spiro atoms. The second kappa shape index (κ2) is 12.2. The van der Waals surface area contributed by atoms with Crippen LogP contribution >= 0.6 is 24.2 Å². The molecule has 3 unspecified atom stereocenters. The molecule has 1 aliphatic rings. The van der Waals surface area contributed by atoms with Crippen LogP contribution in [0, 0.1) is 5.92 Å². The van der Waals surface area contributed by atoms with E-state index >= 15 is 0 Å². The molecule has 3 atom stereocenters. The van der Waals surface area contributed by atoms with E-state index in [0.717, 1.165) is 30.8 Å². The minimum Gasteiger partial charge on any atom is -0.350 e. The number of thioether (sulfide) groups is 1. The lowest BCUT2D eigenvalue weighted by Gasteiger charge is -2.31. The van der Waals surface area contributed by atoms with Gasteiger partial charge in [0.25, 0.3) is 0 Å². The molecule has 2 rings (SSSR count). The normalized spacial score (nSPS) is 20.5. The fourth-order valence-corrected chi connectivity index (χ4v) is 3.47. The van der Waals surface area contributed by atoms with Crippen molar-refractivity contribution in [2.45, 2.75) is 38.3 Å². The van der Waals surface area contributed by atoms with Crippen LogP contribution in [0.5, 0.6) is 0 Å². The molecular formula is C19H30ClN3O2S. The van der Waals surface area contributed by atoms with Gasteiger partial charge in [-0.3, -0.25) is 9.59 Å². The van der Waals surface area contributed by atoms with E-state index in [4.69, 9.17) is 0 Å². The number of amides is 2. The molecule has 0 saturated carbocycles. The fraction of sp³-hybridized carbons (Fsp3) is 0.579. The molecule has 0 radical (unpaired) electrons. The molecule has 1 aromatic carbocycles. The summed E-state index contributed by atoms with van der Waals surface area (Å²) in [5, 5.41) is 9.36. The predicted octanol–water partition coefficient (Wildman–Crippen LogP) is 2.00. The van der Waals surface area contributed by atoms with Crippen LogP contribution in [0.2, 0.25) is 0 Å². The average molecular weight is 400 g/mol. The summed E-state index contributed by atoms with van der Waals surface area (Å²) in [4.78, 5) is 25.0. The lowest BCUT2D eigenvalue weighted by molar-refractivity contribution is -0.129. The molecule has 1 aromatic rings. The Bertz CT molecular complexity index is 559. The van der Waals surface area contributed by atoms with Gasteiger partial charge >= 0.3 is 0 Å². The van der Waals surface area contributed by atoms with E-state index in [0.29, 0.717) is 18.8 Å². The minimum atomic E-state index is -0.474. The third-order valence-electron chi connectivity index (χ3n) is 4.63. The number of carbonyl (C=O) groups is 2. The van der Waals surface area contributed by atoms with Crippen molar-refractivity contribution in [3.05, 3.63) is 35.9 Å². The van der Waals surface area contributed by atoms with Crippen LogP contribution in [0.1, 0.15) is 25.3 Å². The summed E-state index contributed by atoms with van der Waals surface area (Å²) in [6.45, 7) is 3.95. The quantitative estimate of drug-likeness (QED) is 0.625. The van der Waals surface area contributed by atoms with Crippen LogP contribution in [0.25, 0.3) is 0 Å². The SMILES string of the molecule is CSCCC(NC(=O)Cc1ccccc1)C(=O)NC1CNCCC1C.Cl. The van der Waals surface area contributed by atoms with E-state index < -0.39 is 6.04 Å². The molecule has 3 N–H and O–H groups in total. The summed E-state index contributed by atoms with van der Waals surface area (Å²) in [6.07, 6.45) is 4.00. The fourth-order valence-electron chi connectivity index (χ4n) is 3.00. The number of hydrogen-bond donors (Lipinski definition) is 3. The zero-order valence-corrected chi connectivity index (χ0v) is 17.1. The Balaban J connectivity index is 0.00000338. The van der Waals surface area contributed by atoms with E-state index in [1.54, 1.807) is 11.8 Å². The van der Waals surface area contributed by atoms with Gasteiger partial charge in [0.15, 0.2) is 0 Å². The maximum Gasteiger partial charge on any atom is 0.242 e. The van der Waals surface area contributed by atoms with Crippen LogP contribution in [0.3, 0.4) is 0 Å². The summed E-state index contributed by atoms with van der Waals surface area (Å²) in [7, 11) is 0. The van der Waals surface area contributed by atoms with Crippen molar-refractivity contribution in [1.82, 2.24) is 16.0 Å².